The minimum absolute atomic E-state index is 0.122. The summed E-state index contributed by atoms with van der Waals surface area (Å²) in [6.45, 7) is 0.997. The molecule has 2 aromatic carbocycles. The summed E-state index contributed by atoms with van der Waals surface area (Å²) in [6.07, 6.45) is 0. The first-order chi connectivity index (χ1) is 11.1. The summed E-state index contributed by atoms with van der Waals surface area (Å²) in [6, 6.07) is 15.2. The highest BCUT2D eigenvalue weighted by atomic mass is 16.5. The molecule has 0 atom stereocenters. The first-order valence-corrected chi connectivity index (χ1v) is 7.37. The largest absolute Gasteiger partial charge is 0.497 e. The fourth-order valence-corrected chi connectivity index (χ4v) is 2.17. The molecule has 0 aliphatic heterocycles. The molecule has 1 N–H and O–H groups in total. The van der Waals surface area contributed by atoms with E-state index in [0.29, 0.717) is 13.1 Å². The second-order valence-corrected chi connectivity index (χ2v) is 5.21. The van der Waals surface area contributed by atoms with Gasteiger partial charge in [0, 0.05) is 20.1 Å². The molecule has 0 radical (unpaired) electrons. The van der Waals surface area contributed by atoms with Crippen molar-refractivity contribution in [1.82, 2.24) is 10.2 Å². The second kappa shape index (κ2) is 8.08. The first-order valence-electron chi connectivity index (χ1n) is 7.37. The number of carbonyl (C=O) groups excluding carboxylic acids is 1. The predicted octanol–water partition coefficient (Wildman–Crippen LogP) is 3.05. The molecular weight excluding hydrogens is 292 g/mol. The molecule has 5 heteroatoms. The van der Waals surface area contributed by atoms with Gasteiger partial charge in [0.2, 0.25) is 0 Å². The molecule has 122 valence electrons. The van der Waals surface area contributed by atoms with E-state index in [1.165, 1.54) is 0 Å². The number of benzene rings is 2. The number of nitrogens with one attached hydrogen (secondary N) is 1. The van der Waals surface area contributed by atoms with E-state index < -0.39 is 0 Å². The van der Waals surface area contributed by atoms with Gasteiger partial charge in [0.15, 0.2) is 0 Å². The first kappa shape index (κ1) is 16.7. The van der Waals surface area contributed by atoms with Crippen molar-refractivity contribution in [2.24, 2.45) is 0 Å². The highest BCUT2D eigenvalue weighted by Gasteiger charge is 2.09. The van der Waals surface area contributed by atoms with E-state index in [2.05, 4.69) is 5.32 Å². The van der Waals surface area contributed by atoms with Crippen LogP contribution in [0.3, 0.4) is 0 Å². The Morgan fingerprint density at radius 1 is 1.00 bits per heavy atom. The molecule has 5 nitrogen and oxygen atoms in total. The highest BCUT2D eigenvalue weighted by Crippen LogP contribution is 2.14. The molecule has 0 saturated heterocycles. The van der Waals surface area contributed by atoms with Gasteiger partial charge in [-0.15, -0.1) is 0 Å². The van der Waals surface area contributed by atoms with E-state index in [1.807, 2.05) is 48.5 Å². The van der Waals surface area contributed by atoms with E-state index in [-0.39, 0.29) is 6.03 Å². The van der Waals surface area contributed by atoms with Crippen LogP contribution in [0.4, 0.5) is 4.79 Å². The van der Waals surface area contributed by atoms with E-state index in [1.54, 1.807) is 26.2 Å². The van der Waals surface area contributed by atoms with E-state index >= 15 is 0 Å². The molecule has 0 aliphatic rings. The van der Waals surface area contributed by atoms with E-state index in [4.69, 9.17) is 9.47 Å². The Kier molecular flexibility index (Phi) is 5.86. The molecule has 0 fully saturated rings. The van der Waals surface area contributed by atoms with Crippen LogP contribution in [0.15, 0.2) is 48.5 Å². The van der Waals surface area contributed by atoms with Crippen molar-refractivity contribution in [1.29, 1.82) is 0 Å². The number of urea groups is 1. The van der Waals surface area contributed by atoms with Crippen LogP contribution < -0.4 is 14.8 Å². The normalized spacial score (nSPS) is 10.0. The number of hydrogen-bond donors (Lipinski definition) is 1. The van der Waals surface area contributed by atoms with Crippen molar-refractivity contribution in [3.8, 4) is 11.5 Å². The van der Waals surface area contributed by atoms with Gasteiger partial charge in [-0.2, -0.15) is 0 Å². The fourth-order valence-electron chi connectivity index (χ4n) is 2.17. The summed E-state index contributed by atoms with van der Waals surface area (Å²) < 4.78 is 10.3. The third kappa shape index (κ3) is 4.92. The van der Waals surface area contributed by atoms with Crippen molar-refractivity contribution >= 4 is 6.03 Å². The molecule has 23 heavy (non-hydrogen) atoms. The average molecular weight is 314 g/mol. The van der Waals surface area contributed by atoms with Crippen LogP contribution in [0.1, 0.15) is 11.1 Å². The lowest BCUT2D eigenvalue weighted by atomic mass is 10.2. The number of nitrogens with zero attached hydrogens (tertiary/aromatic N) is 1. The number of ether oxygens (including phenoxy) is 2. The molecular formula is C18H22N2O3. The van der Waals surface area contributed by atoms with Gasteiger partial charge in [-0.05, 0) is 35.4 Å². The maximum absolute atomic E-state index is 12.2. The zero-order chi connectivity index (χ0) is 16.7. The zero-order valence-corrected chi connectivity index (χ0v) is 13.7. The summed E-state index contributed by atoms with van der Waals surface area (Å²) in [4.78, 5) is 13.8. The third-order valence-corrected chi connectivity index (χ3v) is 3.50. The summed E-state index contributed by atoms with van der Waals surface area (Å²) in [7, 11) is 5.03. The molecule has 2 aromatic rings. The number of rotatable bonds is 6. The maximum Gasteiger partial charge on any atom is 0.317 e. The highest BCUT2D eigenvalue weighted by molar-refractivity contribution is 5.73. The van der Waals surface area contributed by atoms with Crippen LogP contribution in [0.5, 0.6) is 11.5 Å². The van der Waals surface area contributed by atoms with Gasteiger partial charge in [-0.25, -0.2) is 4.79 Å². The SMILES string of the molecule is COc1ccc(CNC(=O)N(C)Cc2cccc(OC)c2)cc1. The third-order valence-electron chi connectivity index (χ3n) is 3.50. The Balaban J connectivity index is 1.86. The molecule has 0 bridgehead atoms. The van der Waals surface area contributed by atoms with Crippen molar-refractivity contribution in [2.45, 2.75) is 13.1 Å². The molecule has 0 aromatic heterocycles. The molecule has 0 heterocycles. The quantitative estimate of drug-likeness (QED) is 0.891. The Morgan fingerprint density at radius 3 is 2.35 bits per heavy atom. The minimum Gasteiger partial charge on any atom is -0.497 e. The summed E-state index contributed by atoms with van der Waals surface area (Å²) >= 11 is 0. The van der Waals surface area contributed by atoms with Gasteiger partial charge in [0.05, 0.1) is 14.2 Å². The van der Waals surface area contributed by atoms with Gasteiger partial charge in [-0.3, -0.25) is 0 Å². The number of carbonyl (C=O) groups is 1. The summed E-state index contributed by atoms with van der Waals surface area (Å²) in [5.41, 5.74) is 2.04. The average Bonchev–Trinajstić information content (AvgIpc) is 2.60. The predicted molar refractivity (Wildman–Crippen MR) is 89.7 cm³/mol. The Labute approximate surface area is 136 Å². The minimum atomic E-state index is -0.122. The van der Waals surface area contributed by atoms with Gasteiger partial charge < -0.3 is 19.7 Å². The monoisotopic (exact) mass is 314 g/mol. The Hall–Kier alpha value is -2.69. The van der Waals surface area contributed by atoms with Crippen LogP contribution in [-0.4, -0.2) is 32.2 Å². The van der Waals surface area contributed by atoms with Crippen molar-refractivity contribution in [3.63, 3.8) is 0 Å². The standard InChI is InChI=1S/C18H22N2O3/c1-20(13-15-5-4-6-17(11-15)23-3)18(21)19-12-14-7-9-16(22-2)10-8-14/h4-11H,12-13H2,1-3H3,(H,19,21). The maximum atomic E-state index is 12.2. The van der Waals surface area contributed by atoms with Crippen LogP contribution in [0.25, 0.3) is 0 Å². The molecule has 0 aliphatic carbocycles. The van der Waals surface area contributed by atoms with Gasteiger partial charge in [0.1, 0.15) is 11.5 Å². The number of hydrogen-bond acceptors (Lipinski definition) is 3. The van der Waals surface area contributed by atoms with Gasteiger partial charge in [0.25, 0.3) is 0 Å². The number of amides is 2. The van der Waals surface area contributed by atoms with Gasteiger partial charge >= 0.3 is 6.03 Å². The van der Waals surface area contributed by atoms with Crippen LogP contribution in [0, 0.1) is 0 Å². The lowest BCUT2D eigenvalue weighted by molar-refractivity contribution is 0.206. The van der Waals surface area contributed by atoms with Crippen molar-refractivity contribution < 1.29 is 14.3 Å². The number of methoxy groups -OCH3 is 2. The second-order valence-electron chi connectivity index (χ2n) is 5.21. The summed E-state index contributed by atoms with van der Waals surface area (Å²) in [5, 5.41) is 2.90. The molecule has 0 unspecified atom stereocenters. The topological polar surface area (TPSA) is 50.8 Å². The molecule has 0 saturated carbocycles. The smallest absolute Gasteiger partial charge is 0.317 e. The van der Waals surface area contributed by atoms with Crippen LogP contribution in [0.2, 0.25) is 0 Å². The molecule has 0 spiro atoms. The zero-order valence-electron chi connectivity index (χ0n) is 13.7. The lowest BCUT2D eigenvalue weighted by Crippen LogP contribution is -2.36. The van der Waals surface area contributed by atoms with Crippen LogP contribution >= 0.6 is 0 Å². The van der Waals surface area contributed by atoms with Crippen molar-refractivity contribution in [3.05, 3.63) is 59.7 Å². The summed E-state index contributed by atoms with van der Waals surface area (Å²) in [5.74, 6) is 1.59. The van der Waals surface area contributed by atoms with E-state index in [0.717, 1.165) is 22.6 Å². The van der Waals surface area contributed by atoms with Gasteiger partial charge in [-0.1, -0.05) is 24.3 Å². The molecule has 2 amide bonds. The van der Waals surface area contributed by atoms with E-state index in [9.17, 15) is 4.79 Å². The fraction of sp³-hybridized carbons (Fsp3) is 0.278. The Morgan fingerprint density at radius 2 is 1.70 bits per heavy atom. The Bertz CT molecular complexity index is 641. The molecule has 2 rings (SSSR count). The van der Waals surface area contributed by atoms with Crippen molar-refractivity contribution in [2.75, 3.05) is 21.3 Å². The lowest BCUT2D eigenvalue weighted by Gasteiger charge is -2.18. The van der Waals surface area contributed by atoms with Crippen LogP contribution in [-0.2, 0) is 13.1 Å².